The van der Waals surface area contributed by atoms with Crippen molar-refractivity contribution in [2.24, 2.45) is 5.92 Å². The second-order valence-corrected chi connectivity index (χ2v) is 8.91. The van der Waals surface area contributed by atoms with E-state index in [1.165, 1.54) is 0 Å². The van der Waals surface area contributed by atoms with Crippen molar-refractivity contribution in [3.8, 4) is 0 Å². The van der Waals surface area contributed by atoms with E-state index in [1.54, 1.807) is 6.26 Å². The number of hydrogen-bond acceptors (Lipinski definition) is 4. The van der Waals surface area contributed by atoms with E-state index in [4.69, 9.17) is 9.40 Å². The zero-order chi connectivity index (χ0) is 21.7. The van der Waals surface area contributed by atoms with Crippen LogP contribution in [0.15, 0.2) is 47.1 Å². The van der Waals surface area contributed by atoms with Gasteiger partial charge in [-0.05, 0) is 61.1 Å². The van der Waals surface area contributed by atoms with Crippen LogP contribution in [0.2, 0.25) is 0 Å². The summed E-state index contributed by atoms with van der Waals surface area (Å²) in [4.78, 5) is 35.0. The first kappa shape index (κ1) is 19.3. The van der Waals surface area contributed by atoms with E-state index in [9.17, 15) is 9.59 Å². The first-order valence-electron chi connectivity index (χ1n) is 11.4. The fourth-order valence-corrected chi connectivity index (χ4v) is 4.94. The normalized spacial score (nSPS) is 19.6. The van der Waals surface area contributed by atoms with E-state index < -0.39 is 0 Å². The van der Waals surface area contributed by atoms with Gasteiger partial charge in [0.2, 0.25) is 5.91 Å². The summed E-state index contributed by atoms with van der Waals surface area (Å²) < 4.78 is 5.51. The number of carbonyl (C=O) groups is 2. The molecule has 6 rings (SSSR count). The maximum atomic E-state index is 13.8. The van der Waals surface area contributed by atoms with E-state index >= 15 is 0 Å². The Morgan fingerprint density at radius 2 is 1.75 bits per heavy atom. The first-order chi connectivity index (χ1) is 15.7. The van der Waals surface area contributed by atoms with Crippen LogP contribution in [-0.2, 0) is 11.2 Å². The fraction of sp³-hybridized carbons (Fsp3) is 0.346. The van der Waals surface area contributed by atoms with E-state index in [0.29, 0.717) is 26.2 Å². The number of nitrogens with zero attached hydrogens (tertiary/aromatic N) is 3. The highest BCUT2D eigenvalue weighted by Gasteiger charge is 2.36. The molecule has 32 heavy (non-hydrogen) atoms. The summed E-state index contributed by atoms with van der Waals surface area (Å²) in [6, 6.07) is 11.7. The number of hydrogen-bond donors (Lipinski definition) is 0. The number of carbonyl (C=O) groups excluding carboxylic acids is 2. The molecule has 6 heteroatoms. The third-order valence-corrected chi connectivity index (χ3v) is 6.82. The lowest BCUT2D eigenvalue weighted by atomic mass is 9.99. The van der Waals surface area contributed by atoms with Crippen molar-refractivity contribution < 1.29 is 14.0 Å². The number of allylic oxidation sites excluding steroid dienone is 1. The molecule has 0 bridgehead atoms. The number of furan rings is 1. The molecule has 0 spiro atoms. The van der Waals surface area contributed by atoms with Gasteiger partial charge in [-0.15, -0.1) is 0 Å². The smallest absolute Gasteiger partial charge is 0.255 e. The van der Waals surface area contributed by atoms with E-state index in [0.717, 1.165) is 64.7 Å². The van der Waals surface area contributed by atoms with Crippen molar-refractivity contribution in [2.45, 2.75) is 25.7 Å². The van der Waals surface area contributed by atoms with Gasteiger partial charge >= 0.3 is 0 Å². The van der Waals surface area contributed by atoms with Gasteiger partial charge in [0.1, 0.15) is 5.76 Å². The highest BCUT2D eigenvalue weighted by molar-refractivity contribution is 6.09. The highest BCUT2D eigenvalue weighted by Crippen LogP contribution is 2.38. The second-order valence-electron chi connectivity index (χ2n) is 8.91. The van der Waals surface area contributed by atoms with Gasteiger partial charge in [-0.3, -0.25) is 9.59 Å². The molecule has 0 atom stereocenters. The number of para-hydroxylation sites is 1. The molecule has 3 aromatic rings. The van der Waals surface area contributed by atoms with Gasteiger partial charge in [0, 0.05) is 37.5 Å². The van der Waals surface area contributed by atoms with Crippen LogP contribution in [0.4, 0.5) is 0 Å². The maximum Gasteiger partial charge on any atom is 0.255 e. The zero-order valence-corrected chi connectivity index (χ0v) is 17.9. The molecule has 0 radical (unpaired) electrons. The van der Waals surface area contributed by atoms with Crippen molar-refractivity contribution in [1.29, 1.82) is 0 Å². The van der Waals surface area contributed by atoms with Crippen LogP contribution < -0.4 is 0 Å². The maximum absolute atomic E-state index is 13.8. The summed E-state index contributed by atoms with van der Waals surface area (Å²) in [5, 5.41) is 0.909. The Morgan fingerprint density at radius 1 is 0.969 bits per heavy atom. The topological polar surface area (TPSA) is 66.7 Å². The fourth-order valence-electron chi connectivity index (χ4n) is 4.94. The Hall–Kier alpha value is -3.41. The van der Waals surface area contributed by atoms with Crippen LogP contribution in [0.25, 0.3) is 22.6 Å². The van der Waals surface area contributed by atoms with Crippen molar-refractivity contribution in [3.05, 3.63) is 65.2 Å². The number of pyridine rings is 1. The number of benzene rings is 1. The molecule has 2 fully saturated rings. The van der Waals surface area contributed by atoms with Crippen LogP contribution in [0.1, 0.15) is 46.6 Å². The van der Waals surface area contributed by atoms with Crippen molar-refractivity contribution in [2.75, 3.05) is 26.2 Å². The number of amides is 2. The standard InChI is InChI=1S/C26H25N3O3/c30-25(17-7-8-17)28-11-13-29(14-12-28)26(31)23-20-5-1-2-6-22(20)27-24-18(9-10-21(23)24)16-19-4-3-15-32-19/h1-6,15-17H,7-14H2. The Balaban J connectivity index is 1.35. The Kier molecular flexibility index (Phi) is 4.59. The Bertz CT molecular complexity index is 1230. The average molecular weight is 428 g/mol. The summed E-state index contributed by atoms with van der Waals surface area (Å²) in [6.45, 7) is 2.40. The van der Waals surface area contributed by atoms with Gasteiger partial charge < -0.3 is 14.2 Å². The van der Waals surface area contributed by atoms with Crippen LogP contribution >= 0.6 is 0 Å². The molecule has 6 nitrogen and oxygen atoms in total. The molecule has 162 valence electrons. The number of aromatic nitrogens is 1. The minimum Gasteiger partial charge on any atom is -0.465 e. The molecular formula is C26H25N3O3. The Labute approximate surface area is 186 Å². The van der Waals surface area contributed by atoms with Gasteiger partial charge in [0.05, 0.1) is 23.0 Å². The summed E-state index contributed by atoms with van der Waals surface area (Å²) >= 11 is 0. The summed E-state index contributed by atoms with van der Waals surface area (Å²) in [5.41, 5.74) is 4.66. The monoisotopic (exact) mass is 427 g/mol. The molecular weight excluding hydrogens is 402 g/mol. The van der Waals surface area contributed by atoms with E-state index in [-0.39, 0.29) is 17.7 Å². The Morgan fingerprint density at radius 3 is 2.50 bits per heavy atom. The summed E-state index contributed by atoms with van der Waals surface area (Å²) in [7, 11) is 0. The third-order valence-electron chi connectivity index (χ3n) is 6.82. The lowest BCUT2D eigenvalue weighted by Crippen LogP contribution is -2.51. The van der Waals surface area contributed by atoms with Crippen molar-refractivity contribution in [1.82, 2.24) is 14.8 Å². The molecule has 2 aromatic heterocycles. The molecule has 0 unspecified atom stereocenters. The lowest BCUT2D eigenvalue weighted by molar-refractivity contribution is -0.134. The zero-order valence-electron chi connectivity index (χ0n) is 17.9. The SMILES string of the molecule is O=C(c1c2c(nc3ccccc13)C(=Cc1ccco1)CC2)N1CCN(C(=O)C2CC2)CC1. The molecule has 0 N–H and O–H groups in total. The van der Waals surface area contributed by atoms with Crippen molar-refractivity contribution in [3.63, 3.8) is 0 Å². The minimum atomic E-state index is 0.0534. The number of rotatable bonds is 3. The van der Waals surface area contributed by atoms with E-state index in [2.05, 4.69) is 0 Å². The summed E-state index contributed by atoms with van der Waals surface area (Å²) in [5.74, 6) is 1.34. The number of fused-ring (bicyclic) bond motifs is 2. The predicted molar refractivity (Wildman–Crippen MR) is 122 cm³/mol. The molecule has 1 aliphatic heterocycles. The third kappa shape index (κ3) is 3.30. The molecule has 3 heterocycles. The molecule has 1 saturated carbocycles. The predicted octanol–water partition coefficient (Wildman–Crippen LogP) is 4.01. The lowest BCUT2D eigenvalue weighted by Gasteiger charge is -2.35. The van der Waals surface area contributed by atoms with Crippen LogP contribution in [0.3, 0.4) is 0 Å². The average Bonchev–Trinajstić information content (AvgIpc) is 3.42. The molecule has 3 aliphatic rings. The van der Waals surface area contributed by atoms with Crippen LogP contribution in [0.5, 0.6) is 0 Å². The highest BCUT2D eigenvalue weighted by atomic mass is 16.3. The number of piperazine rings is 1. The van der Waals surface area contributed by atoms with Crippen LogP contribution in [0, 0.1) is 5.92 Å². The van der Waals surface area contributed by atoms with Gasteiger partial charge in [0.15, 0.2) is 0 Å². The van der Waals surface area contributed by atoms with Crippen LogP contribution in [-0.4, -0.2) is 52.8 Å². The molecule has 2 aliphatic carbocycles. The molecule has 2 amide bonds. The van der Waals surface area contributed by atoms with Gasteiger partial charge in [-0.2, -0.15) is 0 Å². The van der Waals surface area contributed by atoms with Gasteiger partial charge in [-0.25, -0.2) is 4.98 Å². The molecule has 1 aromatic carbocycles. The van der Waals surface area contributed by atoms with Crippen molar-refractivity contribution >= 4 is 34.4 Å². The molecule has 1 saturated heterocycles. The van der Waals surface area contributed by atoms with E-state index in [1.807, 2.05) is 52.3 Å². The summed E-state index contributed by atoms with van der Waals surface area (Å²) in [6.07, 6.45) is 7.36. The first-order valence-corrected chi connectivity index (χ1v) is 11.4. The quantitative estimate of drug-likeness (QED) is 0.634. The minimum absolute atomic E-state index is 0.0534. The van der Waals surface area contributed by atoms with Gasteiger partial charge in [-0.1, -0.05) is 18.2 Å². The largest absolute Gasteiger partial charge is 0.465 e. The van der Waals surface area contributed by atoms with Gasteiger partial charge in [0.25, 0.3) is 5.91 Å². The second kappa shape index (κ2) is 7.62.